The Morgan fingerprint density at radius 3 is 2.60 bits per heavy atom. The molecule has 0 N–H and O–H groups in total. The summed E-state index contributed by atoms with van der Waals surface area (Å²) in [4.78, 5) is 0. The van der Waals surface area contributed by atoms with Crippen molar-refractivity contribution in [1.29, 1.82) is 0 Å². The average molecular weight is 266 g/mol. The number of hydrogen-bond donors (Lipinski definition) is 0. The highest BCUT2D eigenvalue weighted by molar-refractivity contribution is 5.64. The summed E-state index contributed by atoms with van der Waals surface area (Å²) in [5, 5.41) is 6.67. The van der Waals surface area contributed by atoms with Gasteiger partial charge in [0.2, 0.25) is 0 Å². The van der Waals surface area contributed by atoms with Crippen molar-refractivity contribution >= 4 is 11.9 Å². The van der Waals surface area contributed by atoms with E-state index in [0.717, 1.165) is 24.3 Å². The smallest absolute Gasteiger partial charge is 0.124 e. The molecule has 0 saturated heterocycles. The van der Waals surface area contributed by atoms with Crippen LogP contribution < -0.4 is 9.75 Å². The van der Waals surface area contributed by atoms with Crippen LogP contribution in [0.5, 0.6) is 5.75 Å². The third-order valence-corrected chi connectivity index (χ3v) is 3.59. The van der Waals surface area contributed by atoms with E-state index in [0.29, 0.717) is 0 Å². The predicted octanol–water partition coefficient (Wildman–Crippen LogP) is 4.02. The highest BCUT2D eigenvalue weighted by Gasteiger charge is 2.25. The number of hydrazone groups is 1. The fourth-order valence-electron chi connectivity index (χ4n) is 2.64. The van der Waals surface area contributed by atoms with Gasteiger partial charge in [0, 0.05) is 11.8 Å². The quantitative estimate of drug-likeness (QED) is 0.838. The van der Waals surface area contributed by atoms with Gasteiger partial charge in [-0.1, -0.05) is 36.4 Å². The lowest BCUT2D eigenvalue weighted by atomic mass is 9.99. The van der Waals surface area contributed by atoms with Crippen LogP contribution in [-0.4, -0.2) is 13.3 Å². The van der Waals surface area contributed by atoms with E-state index < -0.39 is 0 Å². The molecule has 2 aromatic carbocycles. The second-order valence-electron chi connectivity index (χ2n) is 4.81. The van der Waals surface area contributed by atoms with Crippen LogP contribution in [0.25, 0.3) is 0 Å². The summed E-state index contributed by atoms with van der Waals surface area (Å²) >= 11 is 0. The Hall–Kier alpha value is -2.29. The molecule has 0 amide bonds. The SMILES string of the molecule is COc1ccccc1C1CCC=NN1c1ccccc1. The molecule has 3 heteroatoms. The molecule has 102 valence electrons. The lowest BCUT2D eigenvalue weighted by Crippen LogP contribution is -2.27. The molecule has 1 aliphatic rings. The fourth-order valence-corrected chi connectivity index (χ4v) is 2.64. The van der Waals surface area contributed by atoms with Crippen LogP contribution >= 0.6 is 0 Å². The molecular weight excluding hydrogens is 248 g/mol. The standard InChI is InChI=1S/C17H18N2O/c1-20-17-12-6-5-10-15(17)16-11-7-13-18-19(16)14-8-3-2-4-9-14/h2-6,8-10,12-13,16H,7,11H2,1H3. The molecule has 3 nitrogen and oxygen atoms in total. The molecule has 0 saturated carbocycles. The first-order valence-electron chi connectivity index (χ1n) is 6.90. The van der Waals surface area contributed by atoms with Gasteiger partial charge in [0.15, 0.2) is 0 Å². The van der Waals surface area contributed by atoms with Crippen LogP contribution in [0.15, 0.2) is 59.7 Å². The first-order valence-corrected chi connectivity index (χ1v) is 6.90. The number of ether oxygens (including phenoxy) is 1. The Kier molecular flexibility index (Phi) is 3.68. The highest BCUT2D eigenvalue weighted by Crippen LogP contribution is 2.37. The van der Waals surface area contributed by atoms with Gasteiger partial charge in [-0.25, -0.2) is 0 Å². The lowest BCUT2D eigenvalue weighted by Gasteiger charge is -2.32. The summed E-state index contributed by atoms with van der Waals surface area (Å²) in [6, 6.07) is 18.7. The van der Waals surface area contributed by atoms with Gasteiger partial charge in [-0.05, 0) is 31.0 Å². The van der Waals surface area contributed by atoms with Gasteiger partial charge >= 0.3 is 0 Å². The number of rotatable bonds is 3. The molecule has 0 radical (unpaired) electrons. The molecular formula is C17H18N2O. The zero-order chi connectivity index (χ0) is 13.8. The summed E-state index contributed by atoms with van der Waals surface area (Å²) in [6.45, 7) is 0. The summed E-state index contributed by atoms with van der Waals surface area (Å²) in [5.74, 6) is 0.926. The third kappa shape index (κ3) is 2.39. The second kappa shape index (κ2) is 5.78. The van der Waals surface area contributed by atoms with E-state index in [-0.39, 0.29) is 6.04 Å². The molecule has 2 aromatic rings. The van der Waals surface area contributed by atoms with Crippen molar-refractivity contribution in [2.45, 2.75) is 18.9 Å². The minimum Gasteiger partial charge on any atom is -0.496 e. The monoisotopic (exact) mass is 266 g/mol. The lowest BCUT2D eigenvalue weighted by molar-refractivity contribution is 0.402. The molecule has 1 unspecified atom stereocenters. The van der Waals surface area contributed by atoms with Gasteiger partial charge in [0.25, 0.3) is 0 Å². The summed E-state index contributed by atoms with van der Waals surface area (Å²) in [7, 11) is 1.72. The number of para-hydroxylation sites is 2. The summed E-state index contributed by atoms with van der Waals surface area (Å²) < 4.78 is 5.50. The van der Waals surface area contributed by atoms with Crippen LogP contribution in [0.4, 0.5) is 5.69 Å². The van der Waals surface area contributed by atoms with E-state index in [2.05, 4.69) is 34.4 Å². The third-order valence-electron chi connectivity index (χ3n) is 3.59. The van der Waals surface area contributed by atoms with Crippen LogP contribution in [-0.2, 0) is 0 Å². The number of methoxy groups -OCH3 is 1. The van der Waals surface area contributed by atoms with Crippen molar-refractivity contribution in [3.05, 3.63) is 60.2 Å². The predicted molar refractivity (Wildman–Crippen MR) is 82.4 cm³/mol. The van der Waals surface area contributed by atoms with Crippen molar-refractivity contribution < 1.29 is 4.74 Å². The van der Waals surface area contributed by atoms with E-state index in [1.165, 1.54) is 5.56 Å². The Bertz CT molecular complexity index is 595. The molecule has 3 rings (SSSR count). The number of anilines is 1. The van der Waals surface area contributed by atoms with Crippen molar-refractivity contribution in [1.82, 2.24) is 0 Å². The number of benzene rings is 2. The van der Waals surface area contributed by atoms with Crippen LogP contribution in [0.2, 0.25) is 0 Å². The van der Waals surface area contributed by atoms with Crippen molar-refractivity contribution in [2.75, 3.05) is 12.1 Å². The Morgan fingerprint density at radius 2 is 1.80 bits per heavy atom. The number of hydrogen-bond acceptors (Lipinski definition) is 3. The first-order chi connectivity index (χ1) is 9.90. The maximum absolute atomic E-state index is 5.50. The van der Waals surface area contributed by atoms with Crippen molar-refractivity contribution in [3.8, 4) is 5.75 Å². The molecule has 1 aliphatic heterocycles. The normalized spacial score (nSPS) is 18.1. The van der Waals surface area contributed by atoms with E-state index in [1.807, 2.05) is 36.5 Å². The fraction of sp³-hybridized carbons (Fsp3) is 0.235. The molecule has 0 aliphatic carbocycles. The van der Waals surface area contributed by atoms with E-state index >= 15 is 0 Å². The number of nitrogens with zero attached hydrogens (tertiary/aromatic N) is 2. The molecule has 1 atom stereocenters. The Balaban J connectivity index is 2.00. The highest BCUT2D eigenvalue weighted by atomic mass is 16.5. The Morgan fingerprint density at radius 1 is 1.05 bits per heavy atom. The van der Waals surface area contributed by atoms with Gasteiger partial charge in [-0.2, -0.15) is 5.10 Å². The molecule has 0 aromatic heterocycles. The Labute approximate surface area is 119 Å². The van der Waals surface area contributed by atoms with Crippen LogP contribution in [0.1, 0.15) is 24.4 Å². The zero-order valence-corrected chi connectivity index (χ0v) is 11.6. The minimum atomic E-state index is 0.221. The van der Waals surface area contributed by atoms with E-state index in [4.69, 9.17) is 4.74 Å². The average Bonchev–Trinajstić information content (AvgIpc) is 2.55. The molecule has 0 bridgehead atoms. The maximum atomic E-state index is 5.50. The molecule has 20 heavy (non-hydrogen) atoms. The zero-order valence-electron chi connectivity index (χ0n) is 11.6. The minimum absolute atomic E-state index is 0.221. The van der Waals surface area contributed by atoms with Crippen LogP contribution in [0, 0.1) is 0 Å². The second-order valence-corrected chi connectivity index (χ2v) is 4.81. The molecule has 1 heterocycles. The largest absolute Gasteiger partial charge is 0.496 e. The van der Waals surface area contributed by atoms with E-state index in [1.54, 1.807) is 7.11 Å². The first kappa shape index (κ1) is 12.7. The topological polar surface area (TPSA) is 24.8 Å². The van der Waals surface area contributed by atoms with Crippen LogP contribution in [0.3, 0.4) is 0 Å². The molecule has 0 spiro atoms. The van der Waals surface area contributed by atoms with E-state index in [9.17, 15) is 0 Å². The van der Waals surface area contributed by atoms with Crippen molar-refractivity contribution in [2.24, 2.45) is 5.10 Å². The maximum Gasteiger partial charge on any atom is 0.124 e. The van der Waals surface area contributed by atoms with Crippen molar-refractivity contribution in [3.63, 3.8) is 0 Å². The van der Waals surface area contributed by atoms with Gasteiger partial charge in [-0.15, -0.1) is 0 Å². The summed E-state index contributed by atoms with van der Waals surface area (Å²) in [6.07, 6.45) is 4.02. The molecule has 0 fully saturated rings. The van der Waals surface area contributed by atoms with Gasteiger partial charge < -0.3 is 4.74 Å². The van der Waals surface area contributed by atoms with Gasteiger partial charge in [-0.3, -0.25) is 5.01 Å². The van der Waals surface area contributed by atoms with Gasteiger partial charge in [0.05, 0.1) is 18.8 Å². The summed E-state index contributed by atoms with van der Waals surface area (Å²) in [5.41, 5.74) is 2.30. The van der Waals surface area contributed by atoms with Gasteiger partial charge in [0.1, 0.15) is 5.75 Å².